The van der Waals surface area contributed by atoms with Crippen LogP contribution in [0, 0.1) is 17.3 Å². The summed E-state index contributed by atoms with van der Waals surface area (Å²) in [7, 11) is 0. The molecule has 0 atom stereocenters. The van der Waals surface area contributed by atoms with Crippen molar-refractivity contribution in [3.63, 3.8) is 0 Å². The van der Waals surface area contributed by atoms with E-state index in [2.05, 4.69) is 74.1 Å². The van der Waals surface area contributed by atoms with E-state index in [0.717, 1.165) is 0 Å². The normalized spacial score (nSPS) is 20.4. The lowest BCUT2D eigenvalue weighted by molar-refractivity contribution is 0.268. The van der Waals surface area contributed by atoms with Gasteiger partial charge < -0.3 is 4.90 Å². The van der Waals surface area contributed by atoms with Gasteiger partial charge in [0.2, 0.25) is 0 Å². The maximum Gasteiger partial charge on any atom is 0.0279 e. The fraction of sp³-hybridized carbons (Fsp3) is 0.778. The van der Waals surface area contributed by atoms with Crippen LogP contribution in [0.5, 0.6) is 0 Å². The third-order valence-electron chi connectivity index (χ3n) is 4.69. The van der Waals surface area contributed by atoms with Crippen molar-refractivity contribution in [2.75, 3.05) is 0 Å². The SMILES string of the molecule is CC1=C(C)C(C)(C)C(C(C)C)=C(C(C)C)N1C(C)C. The minimum atomic E-state index is 0.184. The molecule has 0 amide bonds. The zero-order valence-electron chi connectivity index (χ0n) is 14.7. The molecular weight excluding hydrogens is 230 g/mol. The van der Waals surface area contributed by atoms with Gasteiger partial charge in [-0.15, -0.1) is 0 Å². The molecule has 0 aromatic carbocycles. The first-order valence-electron chi connectivity index (χ1n) is 7.75. The highest BCUT2D eigenvalue weighted by atomic mass is 15.2. The summed E-state index contributed by atoms with van der Waals surface area (Å²) in [4.78, 5) is 2.57. The Morgan fingerprint density at radius 2 is 1.32 bits per heavy atom. The molecule has 0 aromatic heterocycles. The molecule has 0 aromatic rings. The van der Waals surface area contributed by atoms with E-state index in [1.807, 2.05) is 0 Å². The number of allylic oxidation sites excluding steroid dienone is 4. The summed E-state index contributed by atoms with van der Waals surface area (Å²) in [6.45, 7) is 23.3. The molecule has 110 valence electrons. The Bertz CT molecular complexity index is 405. The highest BCUT2D eigenvalue weighted by molar-refractivity contribution is 5.40. The highest BCUT2D eigenvalue weighted by Crippen LogP contribution is 2.49. The van der Waals surface area contributed by atoms with Crippen LogP contribution in [-0.4, -0.2) is 10.9 Å². The third kappa shape index (κ3) is 2.61. The van der Waals surface area contributed by atoms with Crippen LogP contribution in [0.1, 0.15) is 69.2 Å². The Kier molecular flexibility index (Phi) is 4.59. The lowest BCUT2D eigenvalue weighted by Gasteiger charge is -2.48. The van der Waals surface area contributed by atoms with E-state index in [4.69, 9.17) is 0 Å². The Balaban J connectivity index is 3.62. The zero-order valence-corrected chi connectivity index (χ0v) is 14.7. The molecule has 1 heterocycles. The quantitative estimate of drug-likeness (QED) is 0.641. The molecule has 1 aliphatic rings. The van der Waals surface area contributed by atoms with Gasteiger partial charge in [-0.1, -0.05) is 41.5 Å². The molecule has 0 saturated carbocycles. The predicted molar refractivity (Wildman–Crippen MR) is 85.8 cm³/mol. The van der Waals surface area contributed by atoms with Gasteiger partial charge >= 0.3 is 0 Å². The van der Waals surface area contributed by atoms with E-state index in [0.29, 0.717) is 17.9 Å². The molecule has 0 aliphatic carbocycles. The van der Waals surface area contributed by atoms with Crippen molar-refractivity contribution in [2.24, 2.45) is 17.3 Å². The van der Waals surface area contributed by atoms with Crippen LogP contribution < -0.4 is 0 Å². The van der Waals surface area contributed by atoms with Gasteiger partial charge in [0, 0.05) is 22.9 Å². The van der Waals surface area contributed by atoms with Crippen molar-refractivity contribution in [3.05, 3.63) is 22.5 Å². The van der Waals surface area contributed by atoms with Crippen molar-refractivity contribution in [2.45, 2.75) is 75.3 Å². The van der Waals surface area contributed by atoms with Crippen molar-refractivity contribution in [3.8, 4) is 0 Å². The molecule has 0 radical (unpaired) electrons. The molecule has 1 aliphatic heterocycles. The van der Waals surface area contributed by atoms with Crippen LogP contribution in [0.15, 0.2) is 22.5 Å². The van der Waals surface area contributed by atoms with Crippen LogP contribution in [0.2, 0.25) is 0 Å². The molecule has 0 saturated heterocycles. The minimum absolute atomic E-state index is 0.184. The Labute approximate surface area is 120 Å². The lowest BCUT2D eigenvalue weighted by Crippen LogP contribution is -2.41. The summed E-state index contributed by atoms with van der Waals surface area (Å²) in [6.07, 6.45) is 0. The Morgan fingerprint density at radius 1 is 0.842 bits per heavy atom. The minimum Gasteiger partial charge on any atom is -0.346 e. The maximum absolute atomic E-state index is 2.57. The Hall–Kier alpha value is -0.720. The summed E-state index contributed by atoms with van der Waals surface area (Å²) in [5.74, 6) is 1.17. The van der Waals surface area contributed by atoms with Crippen molar-refractivity contribution in [1.29, 1.82) is 0 Å². The predicted octanol–water partition coefficient (Wildman–Crippen LogP) is 5.60. The van der Waals surface area contributed by atoms with Gasteiger partial charge in [-0.05, 0) is 50.7 Å². The smallest absolute Gasteiger partial charge is 0.0279 e. The molecule has 1 heteroatoms. The van der Waals surface area contributed by atoms with Crippen molar-refractivity contribution in [1.82, 2.24) is 4.90 Å². The van der Waals surface area contributed by atoms with Gasteiger partial charge in [0.15, 0.2) is 0 Å². The third-order valence-corrected chi connectivity index (χ3v) is 4.69. The zero-order chi connectivity index (χ0) is 15.1. The second kappa shape index (κ2) is 5.34. The molecular formula is C18H33N. The van der Waals surface area contributed by atoms with Crippen LogP contribution in [-0.2, 0) is 0 Å². The first kappa shape index (κ1) is 16.3. The monoisotopic (exact) mass is 263 g/mol. The topological polar surface area (TPSA) is 3.24 Å². The van der Waals surface area contributed by atoms with E-state index in [-0.39, 0.29) is 5.41 Å². The van der Waals surface area contributed by atoms with Crippen molar-refractivity contribution < 1.29 is 0 Å². The van der Waals surface area contributed by atoms with Gasteiger partial charge in [0.05, 0.1) is 0 Å². The number of nitrogens with zero attached hydrogens (tertiary/aromatic N) is 1. The average molecular weight is 263 g/mol. The summed E-state index contributed by atoms with van der Waals surface area (Å²) in [6, 6.07) is 0.525. The van der Waals surface area contributed by atoms with Crippen LogP contribution in [0.3, 0.4) is 0 Å². The van der Waals surface area contributed by atoms with Crippen LogP contribution >= 0.6 is 0 Å². The van der Waals surface area contributed by atoms with Crippen LogP contribution in [0.25, 0.3) is 0 Å². The largest absolute Gasteiger partial charge is 0.346 e. The van der Waals surface area contributed by atoms with E-state index in [9.17, 15) is 0 Å². The highest BCUT2D eigenvalue weighted by Gasteiger charge is 2.39. The average Bonchev–Trinajstić information content (AvgIpc) is 2.23. The number of hydrogen-bond donors (Lipinski definition) is 0. The lowest BCUT2D eigenvalue weighted by atomic mass is 9.68. The molecule has 0 bridgehead atoms. The molecule has 0 spiro atoms. The molecule has 1 rings (SSSR count). The summed E-state index contributed by atoms with van der Waals surface area (Å²) in [5, 5.41) is 0. The Morgan fingerprint density at radius 3 is 1.63 bits per heavy atom. The maximum atomic E-state index is 2.57. The summed E-state index contributed by atoms with van der Waals surface area (Å²) < 4.78 is 0. The first-order valence-corrected chi connectivity index (χ1v) is 7.75. The molecule has 0 fully saturated rings. The number of hydrogen-bond acceptors (Lipinski definition) is 1. The van der Waals surface area contributed by atoms with Crippen LogP contribution in [0.4, 0.5) is 0 Å². The molecule has 0 N–H and O–H groups in total. The standard InChI is InChI=1S/C18H33N/c1-11(2)16-17(12(3)4)19(13(5)6)15(8)14(7)18(16,9)10/h11-13H,1-10H3. The fourth-order valence-electron chi connectivity index (χ4n) is 3.74. The van der Waals surface area contributed by atoms with Gasteiger partial charge in [-0.2, -0.15) is 0 Å². The molecule has 19 heavy (non-hydrogen) atoms. The fourth-order valence-corrected chi connectivity index (χ4v) is 3.74. The first-order chi connectivity index (χ1) is 8.53. The molecule has 1 nitrogen and oxygen atoms in total. The van der Waals surface area contributed by atoms with Gasteiger partial charge in [0.25, 0.3) is 0 Å². The van der Waals surface area contributed by atoms with E-state index < -0.39 is 0 Å². The second-order valence-electron chi connectivity index (χ2n) is 7.41. The van der Waals surface area contributed by atoms with Gasteiger partial charge in [0.1, 0.15) is 0 Å². The molecule has 0 unspecified atom stereocenters. The second-order valence-corrected chi connectivity index (χ2v) is 7.41. The van der Waals surface area contributed by atoms with Gasteiger partial charge in [-0.25, -0.2) is 0 Å². The summed E-state index contributed by atoms with van der Waals surface area (Å²) >= 11 is 0. The van der Waals surface area contributed by atoms with Gasteiger partial charge in [-0.3, -0.25) is 0 Å². The van der Waals surface area contributed by atoms with E-state index in [1.165, 1.54) is 11.3 Å². The number of rotatable bonds is 3. The van der Waals surface area contributed by atoms with E-state index >= 15 is 0 Å². The van der Waals surface area contributed by atoms with E-state index in [1.54, 1.807) is 11.3 Å². The summed E-state index contributed by atoms with van der Waals surface area (Å²) in [5.41, 5.74) is 6.34. The van der Waals surface area contributed by atoms with Crippen molar-refractivity contribution >= 4 is 0 Å².